The molecule has 0 amide bonds. The van der Waals surface area contributed by atoms with Crippen LogP contribution in [0.3, 0.4) is 0 Å². The summed E-state index contributed by atoms with van der Waals surface area (Å²) in [5.74, 6) is 2.00. The first-order chi connectivity index (χ1) is 12.7. The van der Waals surface area contributed by atoms with E-state index in [9.17, 15) is 9.59 Å². The summed E-state index contributed by atoms with van der Waals surface area (Å²) >= 11 is 1.88. The molecule has 0 radical (unpaired) electrons. The Morgan fingerprint density at radius 1 is 1.04 bits per heavy atom. The minimum absolute atomic E-state index is 0.161. The second kappa shape index (κ2) is 7.51. The Bertz CT molecular complexity index is 1010. The van der Waals surface area contributed by atoms with Gasteiger partial charge < -0.3 is 4.98 Å². The van der Waals surface area contributed by atoms with E-state index in [2.05, 4.69) is 22.0 Å². The molecule has 134 valence electrons. The fraction of sp³-hybridized carbons (Fsp3) is 0.300. The van der Waals surface area contributed by atoms with Gasteiger partial charge in [0.2, 0.25) is 0 Å². The van der Waals surface area contributed by atoms with Crippen LogP contribution in [-0.2, 0) is 13.1 Å². The van der Waals surface area contributed by atoms with Crippen molar-refractivity contribution in [2.45, 2.75) is 19.1 Å². The molecule has 2 aromatic carbocycles. The van der Waals surface area contributed by atoms with Gasteiger partial charge in [-0.05, 0) is 17.7 Å². The lowest BCUT2D eigenvalue weighted by Crippen LogP contribution is -2.48. The minimum Gasteiger partial charge on any atom is -0.307 e. The van der Waals surface area contributed by atoms with Crippen LogP contribution in [0.5, 0.6) is 0 Å². The molecule has 4 rings (SSSR count). The average Bonchev–Trinajstić information content (AvgIpc) is 2.67. The molecule has 0 aliphatic carbocycles. The maximum absolute atomic E-state index is 12.8. The fourth-order valence-electron chi connectivity index (χ4n) is 3.46. The number of rotatable bonds is 4. The second-order valence-corrected chi connectivity index (χ2v) is 7.73. The van der Waals surface area contributed by atoms with Crippen molar-refractivity contribution in [3.05, 3.63) is 81.0 Å². The van der Waals surface area contributed by atoms with Gasteiger partial charge in [0, 0.05) is 37.2 Å². The molecule has 26 heavy (non-hydrogen) atoms. The second-order valence-electron chi connectivity index (χ2n) is 6.58. The van der Waals surface area contributed by atoms with Crippen LogP contribution in [-0.4, -0.2) is 38.5 Å². The van der Waals surface area contributed by atoms with Gasteiger partial charge >= 0.3 is 5.69 Å². The van der Waals surface area contributed by atoms with Crippen molar-refractivity contribution >= 4 is 22.7 Å². The molecule has 1 N–H and O–H groups in total. The predicted octanol–water partition coefficient (Wildman–Crippen LogP) is 2.31. The molecule has 0 spiro atoms. The van der Waals surface area contributed by atoms with Crippen LogP contribution < -0.4 is 11.2 Å². The van der Waals surface area contributed by atoms with Gasteiger partial charge in [0.05, 0.1) is 10.9 Å². The van der Waals surface area contributed by atoms with Crippen molar-refractivity contribution in [2.24, 2.45) is 0 Å². The SMILES string of the molecule is O=c1[nH]c2ccccc2c(=O)n1CC1CSCCN1Cc1ccccc1. The van der Waals surface area contributed by atoms with Crippen LogP contribution >= 0.6 is 11.8 Å². The highest BCUT2D eigenvalue weighted by Gasteiger charge is 2.24. The van der Waals surface area contributed by atoms with E-state index in [1.54, 1.807) is 12.1 Å². The van der Waals surface area contributed by atoms with Crippen LogP contribution in [0.25, 0.3) is 10.9 Å². The summed E-state index contributed by atoms with van der Waals surface area (Å²) in [6.45, 7) is 2.22. The molecule has 1 atom stereocenters. The third kappa shape index (κ3) is 3.48. The van der Waals surface area contributed by atoms with Crippen LogP contribution in [0.2, 0.25) is 0 Å². The van der Waals surface area contributed by atoms with Crippen molar-refractivity contribution in [2.75, 3.05) is 18.1 Å². The van der Waals surface area contributed by atoms with Crippen molar-refractivity contribution in [3.63, 3.8) is 0 Å². The summed E-state index contributed by atoms with van der Waals surface area (Å²) < 4.78 is 1.36. The third-order valence-corrected chi connectivity index (χ3v) is 5.95. The first-order valence-corrected chi connectivity index (χ1v) is 9.95. The Labute approximate surface area is 155 Å². The lowest BCUT2D eigenvalue weighted by atomic mass is 10.1. The number of para-hydroxylation sites is 1. The van der Waals surface area contributed by atoms with Gasteiger partial charge in [-0.3, -0.25) is 14.3 Å². The van der Waals surface area contributed by atoms with Gasteiger partial charge in [-0.25, -0.2) is 4.79 Å². The molecule has 1 aliphatic heterocycles. The van der Waals surface area contributed by atoms with E-state index >= 15 is 0 Å². The molecule has 6 heteroatoms. The Kier molecular flexibility index (Phi) is 4.95. The number of nitrogens with one attached hydrogen (secondary N) is 1. The largest absolute Gasteiger partial charge is 0.328 e. The maximum Gasteiger partial charge on any atom is 0.328 e. The van der Waals surface area contributed by atoms with Crippen LogP contribution in [0.15, 0.2) is 64.2 Å². The maximum atomic E-state index is 12.8. The standard InChI is InChI=1S/C20H21N3O2S/c24-19-17-8-4-5-9-18(17)21-20(25)23(19)13-16-14-26-11-10-22(16)12-15-6-2-1-3-7-15/h1-9,16H,10-14H2,(H,21,25). The number of hydrogen-bond acceptors (Lipinski definition) is 4. The summed E-state index contributed by atoms with van der Waals surface area (Å²) in [5.41, 5.74) is 1.31. The van der Waals surface area contributed by atoms with Gasteiger partial charge in [-0.15, -0.1) is 0 Å². The highest BCUT2D eigenvalue weighted by molar-refractivity contribution is 7.99. The minimum atomic E-state index is -0.330. The molecule has 3 aromatic rings. The number of H-pyrrole nitrogens is 1. The van der Waals surface area contributed by atoms with Gasteiger partial charge in [-0.1, -0.05) is 42.5 Å². The molecule has 1 fully saturated rings. The summed E-state index contributed by atoms with van der Waals surface area (Å²) in [7, 11) is 0. The van der Waals surface area contributed by atoms with Crippen molar-refractivity contribution in [1.82, 2.24) is 14.5 Å². The molecule has 1 aromatic heterocycles. The molecule has 1 aliphatic rings. The average molecular weight is 367 g/mol. The summed E-state index contributed by atoms with van der Waals surface area (Å²) in [6.07, 6.45) is 0. The monoisotopic (exact) mass is 367 g/mol. The van der Waals surface area contributed by atoms with E-state index in [1.807, 2.05) is 42.1 Å². The highest BCUT2D eigenvalue weighted by atomic mass is 32.2. The molecule has 5 nitrogen and oxygen atoms in total. The van der Waals surface area contributed by atoms with Crippen LogP contribution in [0.1, 0.15) is 5.56 Å². The number of hydrogen-bond donors (Lipinski definition) is 1. The molecule has 0 saturated carbocycles. The van der Waals surface area contributed by atoms with Crippen molar-refractivity contribution in [1.29, 1.82) is 0 Å². The van der Waals surface area contributed by atoms with Gasteiger partial charge in [0.25, 0.3) is 5.56 Å². The number of fused-ring (bicyclic) bond motifs is 1. The number of aromatic nitrogens is 2. The van der Waals surface area contributed by atoms with Gasteiger partial charge in [0.15, 0.2) is 0 Å². The Hall–Kier alpha value is -2.31. The first kappa shape index (κ1) is 17.1. The molecular weight excluding hydrogens is 346 g/mol. The summed E-state index contributed by atoms with van der Waals surface area (Å²) in [4.78, 5) is 30.5. The van der Waals surface area contributed by atoms with Crippen molar-refractivity contribution in [3.8, 4) is 0 Å². The Morgan fingerprint density at radius 2 is 1.81 bits per heavy atom. The Balaban J connectivity index is 1.63. The normalized spacial score (nSPS) is 18.2. The number of aromatic amines is 1. The van der Waals surface area contributed by atoms with E-state index in [4.69, 9.17) is 0 Å². The van der Waals surface area contributed by atoms with E-state index < -0.39 is 0 Å². The molecule has 2 heterocycles. The predicted molar refractivity (Wildman–Crippen MR) is 107 cm³/mol. The molecule has 0 bridgehead atoms. The zero-order chi connectivity index (χ0) is 17.9. The first-order valence-electron chi connectivity index (χ1n) is 8.80. The van der Waals surface area contributed by atoms with E-state index in [1.165, 1.54) is 10.1 Å². The fourth-order valence-corrected chi connectivity index (χ4v) is 4.58. The summed E-state index contributed by atoms with van der Waals surface area (Å²) in [6, 6.07) is 17.7. The van der Waals surface area contributed by atoms with Gasteiger partial charge in [0.1, 0.15) is 0 Å². The third-order valence-electron chi connectivity index (χ3n) is 4.86. The summed E-state index contributed by atoms with van der Waals surface area (Å²) in [5, 5.41) is 0.560. The van der Waals surface area contributed by atoms with E-state index in [0.717, 1.165) is 24.6 Å². The zero-order valence-electron chi connectivity index (χ0n) is 14.4. The van der Waals surface area contributed by atoms with Gasteiger partial charge in [-0.2, -0.15) is 11.8 Å². The van der Waals surface area contributed by atoms with Crippen LogP contribution in [0, 0.1) is 0 Å². The lowest BCUT2D eigenvalue weighted by Gasteiger charge is -2.35. The topological polar surface area (TPSA) is 58.1 Å². The quantitative estimate of drug-likeness (QED) is 0.769. The zero-order valence-corrected chi connectivity index (χ0v) is 15.2. The Morgan fingerprint density at radius 3 is 2.65 bits per heavy atom. The number of nitrogens with zero attached hydrogens (tertiary/aromatic N) is 2. The number of thioether (sulfide) groups is 1. The smallest absolute Gasteiger partial charge is 0.307 e. The molecule has 1 saturated heterocycles. The van der Waals surface area contributed by atoms with E-state index in [-0.39, 0.29) is 17.3 Å². The highest BCUT2D eigenvalue weighted by Crippen LogP contribution is 2.20. The van der Waals surface area contributed by atoms with Crippen LogP contribution in [0.4, 0.5) is 0 Å². The molecular formula is C20H21N3O2S. The lowest BCUT2D eigenvalue weighted by molar-refractivity contribution is 0.189. The number of benzene rings is 2. The van der Waals surface area contributed by atoms with Crippen molar-refractivity contribution < 1.29 is 0 Å². The van der Waals surface area contributed by atoms with E-state index in [0.29, 0.717) is 17.4 Å². The molecule has 1 unspecified atom stereocenters.